The minimum absolute atomic E-state index is 0.0929. The van der Waals surface area contributed by atoms with Gasteiger partial charge in [0.05, 0.1) is 30.2 Å². The number of carbonyl (C=O) groups is 2. The van der Waals surface area contributed by atoms with Crippen LogP contribution in [0.15, 0.2) is 18.2 Å². The number of ketones is 1. The van der Waals surface area contributed by atoms with Crippen LogP contribution in [0, 0.1) is 11.3 Å². The van der Waals surface area contributed by atoms with Crippen LogP contribution in [0.5, 0.6) is 0 Å². The van der Waals surface area contributed by atoms with Crippen molar-refractivity contribution >= 4 is 23.4 Å². The van der Waals surface area contributed by atoms with E-state index in [0.717, 1.165) is 0 Å². The number of nitriles is 1. The average Bonchev–Trinajstić information content (AvgIpc) is 2.36. The molecule has 0 amide bonds. The molecule has 0 fully saturated rings. The smallest absolute Gasteiger partial charge is 0.337 e. The second kappa shape index (κ2) is 6.02. The van der Waals surface area contributed by atoms with E-state index in [1.165, 1.54) is 19.2 Å². The third-order valence-electron chi connectivity index (χ3n) is 2.09. The van der Waals surface area contributed by atoms with E-state index in [9.17, 15) is 9.59 Å². The Labute approximate surface area is 104 Å². The monoisotopic (exact) mass is 251 g/mol. The molecule has 1 aromatic rings. The van der Waals surface area contributed by atoms with Gasteiger partial charge in [-0.25, -0.2) is 4.79 Å². The molecule has 0 radical (unpaired) electrons. The lowest BCUT2D eigenvalue weighted by molar-refractivity contribution is -0.116. The zero-order chi connectivity index (χ0) is 12.8. The summed E-state index contributed by atoms with van der Waals surface area (Å²) in [6.07, 6.45) is 0.100. The highest BCUT2D eigenvalue weighted by Crippen LogP contribution is 2.12. The van der Waals surface area contributed by atoms with Gasteiger partial charge < -0.3 is 4.74 Å². The van der Waals surface area contributed by atoms with E-state index < -0.39 is 5.97 Å². The maximum absolute atomic E-state index is 11.3. The summed E-state index contributed by atoms with van der Waals surface area (Å²) in [5.74, 6) is -0.802. The van der Waals surface area contributed by atoms with Crippen molar-refractivity contribution in [2.75, 3.05) is 13.0 Å². The lowest BCUT2D eigenvalue weighted by Gasteiger charge is -2.04. The molecule has 0 atom stereocenters. The van der Waals surface area contributed by atoms with Gasteiger partial charge >= 0.3 is 5.97 Å². The molecule has 1 aromatic carbocycles. The normalized spacial score (nSPS) is 9.47. The van der Waals surface area contributed by atoms with E-state index >= 15 is 0 Å². The second-order valence-corrected chi connectivity index (χ2v) is 3.64. The maximum Gasteiger partial charge on any atom is 0.337 e. The predicted molar refractivity (Wildman–Crippen MR) is 61.9 cm³/mol. The van der Waals surface area contributed by atoms with Crippen LogP contribution >= 0.6 is 11.6 Å². The molecule has 0 spiro atoms. The summed E-state index contributed by atoms with van der Waals surface area (Å²) in [6, 6.07) is 6.42. The Morgan fingerprint density at radius 2 is 2.12 bits per heavy atom. The van der Waals surface area contributed by atoms with E-state index in [-0.39, 0.29) is 23.6 Å². The highest BCUT2D eigenvalue weighted by atomic mass is 35.5. The van der Waals surface area contributed by atoms with Crippen molar-refractivity contribution in [2.45, 2.75) is 6.42 Å². The lowest BCUT2D eigenvalue weighted by atomic mass is 10.0. The molecule has 88 valence electrons. The predicted octanol–water partition coefficient (Wildman–Crippen LogP) is 1.70. The van der Waals surface area contributed by atoms with Crippen LogP contribution in [0.4, 0.5) is 0 Å². The first-order valence-electron chi connectivity index (χ1n) is 4.80. The number of hydrogen-bond donors (Lipinski definition) is 0. The summed E-state index contributed by atoms with van der Waals surface area (Å²) >= 11 is 5.40. The number of nitrogens with zero attached hydrogens (tertiary/aromatic N) is 1. The summed E-state index contributed by atoms with van der Waals surface area (Å²) < 4.78 is 4.56. The summed E-state index contributed by atoms with van der Waals surface area (Å²) in [4.78, 5) is 22.5. The first-order chi connectivity index (χ1) is 8.10. The van der Waals surface area contributed by atoms with Gasteiger partial charge in [-0.15, -0.1) is 11.6 Å². The molecule has 0 aliphatic rings. The molecule has 0 unspecified atom stereocenters. The largest absolute Gasteiger partial charge is 0.465 e. The highest BCUT2D eigenvalue weighted by Gasteiger charge is 2.10. The minimum Gasteiger partial charge on any atom is -0.465 e. The van der Waals surface area contributed by atoms with Crippen LogP contribution in [0.1, 0.15) is 21.5 Å². The molecule has 5 heteroatoms. The number of carbonyl (C=O) groups excluding carboxylic acids is 2. The van der Waals surface area contributed by atoms with Crippen molar-refractivity contribution < 1.29 is 14.3 Å². The van der Waals surface area contributed by atoms with E-state index in [1.54, 1.807) is 6.07 Å². The van der Waals surface area contributed by atoms with Gasteiger partial charge in [0.25, 0.3) is 0 Å². The molecule has 0 aliphatic carbocycles. The van der Waals surface area contributed by atoms with Crippen LogP contribution in [0.25, 0.3) is 0 Å². The van der Waals surface area contributed by atoms with Crippen LogP contribution in [-0.4, -0.2) is 24.7 Å². The summed E-state index contributed by atoms with van der Waals surface area (Å²) in [5.41, 5.74) is 1.14. The number of ether oxygens (including phenoxy) is 1. The number of hydrogen-bond acceptors (Lipinski definition) is 4. The first kappa shape index (κ1) is 13.2. The van der Waals surface area contributed by atoms with Gasteiger partial charge in [0.2, 0.25) is 0 Å². The molecule has 0 saturated carbocycles. The molecule has 0 bridgehead atoms. The topological polar surface area (TPSA) is 67.2 Å². The Morgan fingerprint density at radius 1 is 1.41 bits per heavy atom. The van der Waals surface area contributed by atoms with Crippen molar-refractivity contribution in [1.29, 1.82) is 5.26 Å². The Kier molecular flexibility index (Phi) is 4.68. The molecule has 4 nitrogen and oxygen atoms in total. The van der Waals surface area contributed by atoms with Gasteiger partial charge in [-0.3, -0.25) is 4.79 Å². The fraction of sp³-hybridized carbons (Fsp3) is 0.250. The van der Waals surface area contributed by atoms with Crippen LogP contribution in [0.2, 0.25) is 0 Å². The van der Waals surface area contributed by atoms with Gasteiger partial charge in [-0.2, -0.15) is 5.26 Å². The molecule has 0 heterocycles. The van der Waals surface area contributed by atoms with E-state index in [2.05, 4.69) is 4.74 Å². The Morgan fingerprint density at radius 3 is 2.65 bits per heavy atom. The third-order valence-corrected chi connectivity index (χ3v) is 2.39. The number of esters is 1. The summed E-state index contributed by atoms with van der Waals surface area (Å²) in [6.45, 7) is 0. The minimum atomic E-state index is -0.540. The fourth-order valence-corrected chi connectivity index (χ4v) is 1.46. The van der Waals surface area contributed by atoms with Crippen molar-refractivity contribution in [2.24, 2.45) is 0 Å². The second-order valence-electron chi connectivity index (χ2n) is 3.37. The van der Waals surface area contributed by atoms with Gasteiger partial charge in [0.15, 0.2) is 5.78 Å². The quantitative estimate of drug-likeness (QED) is 0.603. The van der Waals surface area contributed by atoms with E-state index in [0.29, 0.717) is 11.1 Å². The summed E-state index contributed by atoms with van der Waals surface area (Å²) in [7, 11) is 1.25. The number of rotatable bonds is 4. The number of Topliss-reactive ketones (excluding diaryl/α,β-unsaturated/α-hetero) is 1. The number of methoxy groups -OCH3 is 1. The molecule has 0 saturated heterocycles. The molecule has 1 rings (SSSR count). The third kappa shape index (κ3) is 3.58. The average molecular weight is 252 g/mol. The number of halogens is 1. The SMILES string of the molecule is COC(=O)c1cc(C#N)cc(CC(=O)CCl)c1. The Bertz CT molecular complexity index is 491. The molecular formula is C12H10ClNO3. The van der Waals surface area contributed by atoms with Crippen LogP contribution in [-0.2, 0) is 16.0 Å². The van der Waals surface area contributed by atoms with Crippen molar-refractivity contribution in [1.82, 2.24) is 0 Å². The zero-order valence-electron chi connectivity index (χ0n) is 9.20. The fourth-order valence-electron chi connectivity index (χ4n) is 1.37. The highest BCUT2D eigenvalue weighted by molar-refractivity contribution is 6.27. The van der Waals surface area contributed by atoms with Crippen LogP contribution < -0.4 is 0 Å². The number of benzene rings is 1. The van der Waals surface area contributed by atoms with Gasteiger partial charge in [0.1, 0.15) is 0 Å². The standard InChI is InChI=1S/C12H10ClNO3/c1-17-12(16)10-3-8(5-11(15)6-13)2-9(4-10)7-14/h2-4H,5-6H2,1H3. The Hall–Kier alpha value is -1.86. The molecule has 0 aromatic heterocycles. The molecular weight excluding hydrogens is 242 g/mol. The van der Waals surface area contributed by atoms with Gasteiger partial charge in [-0.05, 0) is 23.8 Å². The van der Waals surface area contributed by atoms with Gasteiger partial charge in [-0.1, -0.05) is 0 Å². The molecule has 0 aliphatic heterocycles. The van der Waals surface area contributed by atoms with E-state index in [1.807, 2.05) is 6.07 Å². The zero-order valence-corrected chi connectivity index (χ0v) is 9.95. The number of alkyl halides is 1. The summed E-state index contributed by atoms with van der Waals surface area (Å²) in [5, 5.41) is 8.82. The first-order valence-corrected chi connectivity index (χ1v) is 5.34. The maximum atomic E-state index is 11.3. The van der Waals surface area contributed by atoms with Gasteiger partial charge in [0, 0.05) is 6.42 Å². The van der Waals surface area contributed by atoms with E-state index in [4.69, 9.17) is 16.9 Å². The molecule has 17 heavy (non-hydrogen) atoms. The van der Waals surface area contributed by atoms with Crippen molar-refractivity contribution in [3.63, 3.8) is 0 Å². The molecule has 0 N–H and O–H groups in total. The van der Waals surface area contributed by atoms with Crippen molar-refractivity contribution in [3.8, 4) is 6.07 Å². The van der Waals surface area contributed by atoms with Crippen LogP contribution in [0.3, 0.4) is 0 Å². The van der Waals surface area contributed by atoms with Crippen molar-refractivity contribution in [3.05, 3.63) is 34.9 Å². The Balaban J connectivity index is 3.10. The lowest BCUT2D eigenvalue weighted by Crippen LogP contribution is -2.07.